The Morgan fingerprint density at radius 3 is 2.86 bits per heavy atom. The zero-order chi connectivity index (χ0) is 9.97. The maximum absolute atomic E-state index is 5.57. The third kappa shape index (κ3) is 1.74. The lowest BCUT2D eigenvalue weighted by atomic mass is 10.1. The monoisotopic (exact) mass is 251 g/mol. The van der Waals surface area contributed by atoms with Crippen molar-refractivity contribution in [2.24, 2.45) is 5.73 Å². The van der Waals surface area contributed by atoms with Gasteiger partial charge in [-0.1, -0.05) is 28.1 Å². The first-order valence-corrected chi connectivity index (χ1v) is 5.13. The molecule has 14 heavy (non-hydrogen) atoms. The maximum Gasteiger partial charge on any atom is 0.125 e. The van der Waals surface area contributed by atoms with Crippen LogP contribution in [0.4, 0.5) is 0 Å². The van der Waals surface area contributed by atoms with Gasteiger partial charge in [0.05, 0.1) is 12.8 Å². The Kier molecular flexibility index (Phi) is 2.70. The molecular weight excluding hydrogens is 242 g/mol. The van der Waals surface area contributed by atoms with Crippen molar-refractivity contribution in [3.8, 4) is 11.1 Å². The molecule has 0 radical (unpaired) electrons. The van der Waals surface area contributed by atoms with E-state index in [4.69, 9.17) is 10.2 Å². The Hall–Kier alpha value is -1.06. The largest absolute Gasteiger partial charge is 0.467 e. The summed E-state index contributed by atoms with van der Waals surface area (Å²) in [4.78, 5) is 0. The fourth-order valence-corrected chi connectivity index (χ4v) is 1.81. The number of halogens is 1. The van der Waals surface area contributed by atoms with Gasteiger partial charge >= 0.3 is 0 Å². The summed E-state index contributed by atoms with van der Waals surface area (Å²) >= 11 is 3.43. The molecule has 72 valence electrons. The van der Waals surface area contributed by atoms with Crippen LogP contribution in [0.25, 0.3) is 11.1 Å². The molecule has 0 spiro atoms. The summed E-state index contributed by atoms with van der Waals surface area (Å²) in [6.07, 6.45) is 1.67. The first-order valence-electron chi connectivity index (χ1n) is 4.33. The summed E-state index contributed by atoms with van der Waals surface area (Å²) in [5.74, 6) is 0.822. The van der Waals surface area contributed by atoms with Crippen LogP contribution in [0, 0.1) is 0 Å². The zero-order valence-electron chi connectivity index (χ0n) is 7.53. The standard InChI is InChI=1S/C11H10BrNO/c12-9-3-1-2-8(6-9)10-4-5-14-11(10)7-13/h1-6H,7,13H2. The van der Waals surface area contributed by atoms with Gasteiger partial charge in [-0.15, -0.1) is 0 Å². The van der Waals surface area contributed by atoms with Crippen LogP contribution in [0.5, 0.6) is 0 Å². The van der Waals surface area contributed by atoms with E-state index in [1.165, 1.54) is 0 Å². The van der Waals surface area contributed by atoms with Crippen molar-refractivity contribution < 1.29 is 4.42 Å². The molecule has 0 amide bonds. The van der Waals surface area contributed by atoms with Gasteiger partial charge in [-0.25, -0.2) is 0 Å². The molecule has 0 saturated carbocycles. The van der Waals surface area contributed by atoms with Gasteiger partial charge in [0, 0.05) is 10.0 Å². The van der Waals surface area contributed by atoms with Crippen molar-refractivity contribution in [3.05, 3.63) is 46.8 Å². The van der Waals surface area contributed by atoms with Gasteiger partial charge < -0.3 is 10.2 Å². The van der Waals surface area contributed by atoms with Crippen LogP contribution >= 0.6 is 15.9 Å². The molecule has 2 rings (SSSR count). The highest BCUT2D eigenvalue weighted by Crippen LogP contribution is 2.26. The Morgan fingerprint density at radius 1 is 1.29 bits per heavy atom. The molecule has 0 aliphatic rings. The van der Waals surface area contributed by atoms with E-state index in [0.717, 1.165) is 21.4 Å². The van der Waals surface area contributed by atoms with Crippen molar-refractivity contribution >= 4 is 15.9 Å². The second-order valence-corrected chi connectivity index (χ2v) is 3.89. The zero-order valence-corrected chi connectivity index (χ0v) is 9.12. The molecule has 0 atom stereocenters. The number of nitrogens with two attached hydrogens (primary N) is 1. The Bertz CT molecular complexity index is 436. The lowest BCUT2D eigenvalue weighted by Gasteiger charge is -2.00. The second-order valence-electron chi connectivity index (χ2n) is 2.97. The summed E-state index contributed by atoms with van der Waals surface area (Å²) in [6, 6.07) is 10.0. The number of furan rings is 1. The minimum atomic E-state index is 0.425. The molecule has 0 bridgehead atoms. The van der Waals surface area contributed by atoms with Crippen LogP contribution in [0.15, 0.2) is 45.5 Å². The number of benzene rings is 1. The predicted molar refractivity (Wildman–Crippen MR) is 59.7 cm³/mol. The molecule has 2 aromatic rings. The van der Waals surface area contributed by atoms with E-state index in [1.807, 2.05) is 30.3 Å². The summed E-state index contributed by atoms with van der Waals surface area (Å²) in [5, 5.41) is 0. The van der Waals surface area contributed by atoms with E-state index in [2.05, 4.69) is 15.9 Å². The van der Waals surface area contributed by atoms with Crippen LogP contribution in [0.3, 0.4) is 0 Å². The molecule has 3 heteroatoms. The molecule has 2 nitrogen and oxygen atoms in total. The van der Waals surface area contributed by atoms with E-state index in [-0.39, 0.29) is 0 Å². The van der Waals surface area contributed by atoms with Gasteiger partial charge in [0.25, 0.3) is 0 Å². The van der Waals surface area contributed by atoms with Crippen LogP contribution < -0.4 is 5.73 Å². The summed E-state index contributed by atoms with van der Waals surface area (Å²) in [7, 11) is 0. The Morgan fingerprint density at radius 2 is 2.14 bits per heavy atom. The average molecular weight is 252 g/mol. The highest BCUT2D eigenvalue weighted by atomic mass is 79.9. The quantitative estimate of drug-likeness (QED) is 0.891. The average Bonchev–Trinajstić information content (AvgIpc) is 2.65. The van der Waals surface area contributed by atoms with Gasteiger partial charge in [-0.2, -0.15) is 0 Å². The smallest absolute Gasteiger partial charge is 0.125 e. The van der Waals surface area contributed by atoms with Crippen LogP contribution in [-0.2, 0) is 6.54 Å². The molecule has 0 unspecified atom stereocenters. The third-order valence-corrected chi connectivity index (χ3v) is 2.56. The highest BCUT2D eigenvalue weighted by Gasteiger charge is 2.06. The minimum absolute atomic E-state index is 0.425. The predicted octanol–water partition coefficient (Wildman–Crippen LogP) is 3.17. The SMILES string of the molecule is NCc1occc1-c1cccc(Br)c1. The topological polar surface area (TPSA) is 39.2 Å². The fourth-order valence-electron chi connectivity index (χ4n) is 1.41. The minimum Gasteiger partial charge on any atom is -0.467 e. The lowest BCUT2D eigenvalue weighted by molar-refractivity contribution is 0.513. The van der Waals surface area contributed by atoms with E-state index in [1.54, 1.807) is 6.26 Å². The second kappa shape index (κ2) is 3.98. The summed E-state index contributed by atoms with van der Waals surface area (Å²) < 4.78 is 6.32. The van der Waals surface area contributed by atoms with Crippen molar-refractivity contribution in [1.82, 2.24) is 0 Å². The number of hydrogen-bond acceptors (Lipinski definition) is 2. The van der Waals surface area contributed by atoms with Gasteiger partial charge in [0.2, 0.25) is 0 Å². The van der Waals surface area contributed by atoms with Crippen LogP contribution in [0.1, 0.15) is 5.76 Å². The van der Waals surface area contributed by atoms with Crippen molar-refractivity contribution in [1.29, 1.82) is 0 Å². The van der Waals surface area contributed by atoms with Crippen molar-refractivity contribution in [3.63, 3.8) is 0 Å². The third-order valence-electron chi connectivity index (χ3n) is 2.07. The Balaban J connectivity index is 2.49. The fraction of sp³-hybridized carbons (Fsp3) is 0.0909. The van der Waals surface area contributed by atoms with E-state index < -0.39 is 0 Å². The van der Waals surface area contributed by atoms with E-state index >= 15 is 0 Å². The van der Waals surface area contributed by atoms with E-state index in [9.17, 15) is 0 Å². The van der Waals surface area contributed by atoms with Crippen LogP contribution in [0.2, 0.25) is 0 Å². The number of hydrogen-bond donors (Lipinski definition) is 1. The molecule has 0 saturated heterocycles. The summed E-state index contributed by atoms with van der Waals surface area (Å²) in [5.41, 5.74) is 7.75. The van der Waals surface area contributed by atoms with Gasteiger partial charge in [-0.3, -0.25) is 0 Å². The molecule has 0 aliphatic carbocycles. The van der Waals surface area contributed by atoms with Gasteiger partial charge in [0.1, 0.15) is 5.76 Å². The van der Waals surface area contributed by atoms with Crippen molar-refractivity contribution in [2.75, 3.05) is 0 Å². The van der Waals surface area contributed by atoms with Gasteiger partial charge in [0.15, 0.2) is 0 Å². The highest BCUT2D eigenvalue weighted by molar-refractivity contribution is 9.10. The van der Waals surface area contributed by atoms with Gasteiger partial charge in [-0.05, 0) is 23.8 Å². The molecule has 1 heterocycles. The van der Waals surface area contributed by atoms with Crippen LogP contribution in [-0.4, -0.2) is 0 Å². The Labute approximate surface area is 90.9 Å². The molecule has 2 N–H and O–H groups in total. The normalized spacial score (nSPS) is 10.4. The lowest BCUT2D eigenvalue weighted by Crippen LogP contribution is -1.95. The van der Waals surface area contributed by atoms with E-state index in [0.29, 0.717) is 6.54 Å². The van der Waals surface area contributed by atoms with Crippen molar-refractivity contribution in [2.45, 2.75) is 6.54 Å². The first kappa shape index (κ1) is 9.49. The number of rotatable bonds is 2. The molecule has 0 aliphatic heterocycles. The molecule has 1 aromatic carbocycles. The first-order chi connectivity index (χ1) is 6.81. The summed E-state index contributed by atoms with van der Waals surface area (Å²) in [6.45, 7) is 0.425. The molecule has 0 fully saturated rings. The molecular formula is C11H10BrNO. The maximum atomic E-state index is 5.57. The molecule has 1 aromatic heterocycles.